The van der Waals surface area contributed by atoms with Crippen molar-refractivity contribution in [1.82, 2.24) is 15.2 Å². The van der Waals surface area contributed by atoms with E-state index in [0.29, 0.717) is 19.5 Å². The van der Waals surface area contributed by atoms with Crippen molar-refractivity contribution in [2.75, 3.05) is 13.1 Å². The topological polar surface area (TPSA) is 65.2 Å². The average molecular weight is 347 g/mol. The van der Waals surface area contributed by atoms with Gasteiger partial charge < -0.3 is 15.2 Å². The zero-order valence-corrected chi connectivity index (χ0v) is 14.5. The summed E-state index contributed by atoms with van der Waals surface area (Å²) < 4.78 is 0. The van der Waals surface area contributed by atoms with Gasteiger partial charge in [-0.05, 0) is 11.6 Å². The molecule has 2 amide bonds. The van der Waals surface area contributed by atoms with Gasteiger partial charge in [-0.15, -0.1) is 0 Å². The maximum absolute atomic E-state index is 12.5. The predicted molar refractivity (Wildman–Crippen MR) is 101 cm³/mol. The lowest BCUT2D eigenvalue weighted by Gasteiger charge is -2.27. The molecule has 1 aliphatic heterocycles. The molecule has 26 heavy (non-hydrogen) atoms. The molecule has 4 rings (SSSR count). The Kier molecular flexibility index (Phi) is 4.44. The summed E-state index contributed by atoms with van der Waals surface area (Å²) in [6.07, 6.45) is 1.11. The molecule has 5 heteroatoms. The van der Waals surface area contributed by atoms with Gasteiger partial charge in [0, 0.05) is 41.7 Å². The molecule has 0 aliphatic carbocycles. The van der Waals surface area contributed by atoms with Crippen molar-refractivity contribution >= 4 is 22.7 Å². The Hall–Kier alpha value is -3.08. The van der Waals surface area contributed by atoms with Crippen molar-refractivity contribution in [3.63, 3.8) is 0 Å². The average Bonchev–Trinajstić information content (AvgIpc) is 3.05. The lowest BCUT2D eigenvalue weighted by Crippen LogP contribution is -2.42. The Morgan fingerprint density at radius 2 is 1.81 bits per heavy atom. The molecule has 2 heterocycles. The quantitative estimate of drug-likeness (QED) is 0.761. The van der Waals surface area contributed by atoms with Gasteiger partial charge in [0.15, 0.2) is 0 Å². The smallest absolute Gasteiger partial charge is 0.242 e. The van der Waals surface area contributed by atoms with Crippen LogP contribution in [0, 0.1) is 0 Å². The number of nitrogens with zero attached hydrogens (tertiary/aromatic N) is 1. The molecule has 0 bridgehead atoms. The van der Waals surface area contributed by atoms with Gasteiger partial charge in [0.2, 0.25) is 11.8 Å². The van der Waals surface area contributed by atoms with E-state index in [2.05, 4.69) is 22.4 Å². The molecule has 0 atom stereocenters. The molecule has 5 nitrogen and oxygen atoms in total. The standard InChI is InChI=1S/C21H21N3O2/c25-20(12-15-6-2-1-3-7-15)22-13-21(26)24-11-10-19-17(14-24)16-8-4-5-9-18(16)23-19/h1-9,23H,10-14H2,(H,22,25). The van der Waals surface area contributed by atoms with Crippen LogP contribution in [0.1, 0.15) is 16.8 Å². The van der Waals surface area contributed by atoms with Crippen LogP contribution < -0.4 is 5.32 Å². The highest BCUT2D eigenvalue weighted by molar-refractivity contribution is 5.88. The summed E-state index contributed by atoms with van der Waals surface area (Å²) in [5.41, 5.74) is 4.46. The number of rotatable bonds is 4. The Morgan fingerprint density at radius 1 is 1.04 bits per heavy atom. The number of amides is 2. The summed E-state index contributed by atoms with van der Waals surface area (Å²) in [7, 11) is 0. The highest BCUT2D eigenvalue weighted by Crippen LogP contribution is 2.27. The molecule has 2 aromatic carbocycles. The van der Waals surface area contributed by atoms with E-state index in [1.165, 1.54) is 16.6 Å². The molecule has 3 aromatic rings. The van der Waals surface area contributed by atoms with Gasteiger partial charge >= 0.3 is 0 Å². The molecular formula is C21H21N3O2. The van der Waals surface area contributed by atoms with Crippen LogP contribution in [-0.4, -0.2) is 34.8 Å². The fraction of sp³-hybridized carbons (Fsp3) is 0.238. The number of carbonyl (C=O) groups is 2. The lowest BCUT2D eigenvalue weighted by atomic mass is 10.0. The first-order valence-electron chi connectivity index (χ1n) is 8.87. The van der Waals surface area contributed by atoms with Gasteiger partial charge in [-0.25, -0.2) is 0 Å². The van der Waals surface area contributed by atoms with E-state index in [9.17, 15) is 9.59 Å². The van der Waals surface area contributed by atoms with E-state index < -0.39 is 0 Å². The van der Waals surface area contributed by atoms with Gasteiger partial charge in [-0.1, -0.05) is 48.5 Å². The van der Waals surface area contributed by atoms with Crippen molar-refractivity contribution in [3.8, 4) is 0 Å². The second kappa shape index (κ2) is 7.04. The van der Waals surface area contributed by atoms with Crippen LogP contribution in [0.3, 0.4) is 0 Å². The van der Waals surface area contributed by atoms with Crippen molar-refractivity contribution in [2.24, 2.45) is 0 Å². The summed E-state index contributed by atoms with van der Waals surface area (Å²) in [5.74, 6) is -0.170. The van der Waals surface area contributed by atoms with Crippen LogP contribution in [-0.2, 0) is 29.0 Å². The molecule has 0 spiro atoms. The van der Waals surface area contributed by atoms with E-state index in [1.807, 2.05) is 47.4 Å². The number of hydrogen-bond donors (Lipinski definition) is 2. The number of benzene rings is 2. The van der Waals surface area contributed by atoms with Crippen LogP contribution in [0.4, 0.5) is 0 Å². The third-order valence-corrected chi connectivity index (χ3v) is 4.88. The molecule has 0 radical (unpaired) electrons. The molecule has 0 saturated carbocycles. The Bertz CT molecular complexity index is 946. The van der Waals surface area contributed by atoms with E-state index in [4.69, 9.17) is 0 Å². The molecule has 0 saturated heterocycles. The van der Waals surface area contributed by atoms with Gasteiger partial charge in [0.05, 0.1) is 13.0 Å². The second-order valence-electron chi connectivity index (χ2n) is 6.63. The molecule has 2 N–H and O–H groups in total. The summed E-state index contributed by atoms with van der Waals surface area (Å²) >= 11 is 0. The van der Waals surface area contributed by atoms with E-state index in [0.717, 1.165) is 17.5 Å². The molecule has 1 aliphatic rings. The molecule has 1 aromatic heterocycles. The third-order valence-electron chi connectivity index (χ3n) is 4.88. The minimum Gasteiger partial charge on any atom is -0.358 e. The second-order valence-corrected chi connectivity index (χ2v) is 6.63. The number of aromatic amines is 1. The van der Waals surface area contributed by atoms with E-state index in [-0.39, 0.29) is 18.4 Å². The lowest BCUT2D eigenvalue weighted by molar-refractivity contribution is -0.133. The Labute approximate surface area is 152 Å². The number of H-pyrrole nitrogens is 1. The van der Waals surface area contributed by atoms with Crippen LogP contribution in [0.5, 0.6) is 0 Å². The first-order valence-corrected chi connectivity index (χ1v) is 8.87. The number of nitrogens with one attached hydrogen (secondary N) is 2. The van der Waals surface area contributed by atoms with Crippen LogP contribution in [0.15, 0.2) is 54.6 Å². The zero-order valence-electron chi connectivity index (χ0n) is 14.5. The Balaban J connectivity index is 1.36. The summed E-state index contributed by atoms with van der Waals surface area (Å²) in [4.78, 5) is 29.8. The highest BCUT2D eigenvalue weighted by Gasteiger charge is 2.23. The van der Waals surface area contributed by atoms with Gasteiger partial charge in [0.1, 0.15) is 0 Å². The SMILES string of the molecule is O=C(Cc1ccccc1)NCC(=O)N1CCc2[nH]c3ccccc3c2C1. The third kappa shape index (κ3) is 3.33. The largest absolute Gasteiger partial charge is 0.358 e. The van der Waals surface area contributed by atoms with Crippen LogP contribution in [0.25, 0.3) is 10.9 Å². The predicted octanol–water partition coefficient (Wildman–Crippen LogP) is 2.41. The molecule has 0 fully saturated rings. The fourth-order valence-electron chi connectivity index (χ4n) is 3.51. The normalized spacial score (nSPS) is 13.5. The number of fused-ring (bicyclic) bond motifs is 3. The number of hydrogen-bond acceptors (Lipinski definition) is 2. The van der Waals surface area contributed by atoms with Crippen molar-refractivity contribution < 1.29 is 9.59 Å². The van der Waals surface area contributed by atoms with E-state index >= 15 is 0 Å². The molecule has 132 valence electrons. The van der Waals surface area contributed by atoms with Crippen LogP contribution in [0.2, 0.25) is 0 Å². The minimum atomic E-state index is -0.130. The number of para-hydroxylation sites is 1. The van der Waals surface area contributed by atoms with Gasteiger partial charge in [0.25, 0.3) is 0 Å². The highest BCUT2D eigenvalue weighted by atomic mass is 16.2. The van der Waals surface area contributed by atoms with E-state index in [1.54, 1.807) is 0 Å². The Morgan fingerprint density at radius 3 is 2.65 bits per heavy atom. The summed E-state index contributed by atoms with van der Waals surface area (Å²) in [6.45, 7) is 1.31. The maximum atomic E-state index is 12.5. The van der Waals surface area contributed by atoms with Crippen molar-refractivity contribution in [3.05, 3.63) is 71.4 Å². The fourth-order valence-corrected chi connectivity index (χ4v) is 3.51. The zero-order chi connectivity index (χ0) is 17.9. The minimum absolute atomic E-state index is 0.0395. The van der Waals surface area contributed by atoms with Gasteiger partial charge in [-0.2, -0.15) is 0 Å². The van der Waals surface area contributed by atoms with Gasteiger partial charge in [-0.3, -0.25) is 9.59 Å². The van der Waals surface area contributed by atoms with Crippen molar-refractivity contribution in [1.29, 1.82) is 0 Å². The maximum Gasteiger partial charge on any atom is 0.242 e. The first-order chi connectivity index (χ1) is 12.7. The summed E-state index contributed by atoms with van der Waals surface area (Å²) in [6, 6.07) is 17.7. The monoisotopic (exact) mass is 347 g/mol. The number of carbonyl (C=O) groups excluding carboxylic acids is 2. The molecule has 0 unspecified atom stereocenters. The number of aromatic nitrogens is 1. The van der Waals surface area contributed by atoms with Crippen molar-refractivity contribution in [2.45, 2.75) is 19.4 Å². The molecular weight excluding hydrogens is 326 g/mol. The first kappa shape index (κ1) is 16.4. The summed E-state index contributed by atoms with van der Waals surface area (Å²) in [5, 5.41) is 3.92. The van der Waals surface area contributed by atoms with Crippen LogP contribution >= 0.6 is 0 Å².